The summed E-state index contributed by atoms with van der Waals surface area (Å²) in [5.41, 5.74) is 3.96. The quantitative estimate of drug-likeness (QED) is 0.380. The minimum absolute atomic E-state index is 0.0703. The first-order valence-electron chi connectivity index (χ1n) is 6.49. The summed E-state index contributed by atoms with van der Waals surface area (Å²) in [6.45, 7) is 1.94. The number of carbonyl (C=O) groups is 1. The highest BCUT2D eigenvalue weighted by molar-refractivity contribution is 5.93. The average molecular weight is 301 g/mol. The van der Waals surface area contributed by atoms with E-state index in [0.29, 0.717) is 5.56 Å². The second kappa shape index (κ2) is 6.68. The van der Waals surface area contributed by atoms with E-state index in [0.717, 1.165) is 11.1 Å². The van der Waals surface area contributed by atoms with Gasteiger partial charge < -0.3 is 4.74 Å². The number of hydrogen-bond acceptors (Lipinski definition) is 5. The highest BCUT2D eigenvalue weighted by atomic mass is 16.6. The van der Waals surface area contributed by atoms with Crippen molar-refractivity contribution >= 4 is 11.6 Å². The van der Waals surface area contributed by atoms with Gasteiger partial charge >= 0.3 is 5.69 Å². The van der Waals surface area contributed by atoms with Crippen molar-refractivity contribution in [3.05, 3.63) is 69.3 Å². The van der Waals surface area contributed by atoms with Crippen molar-refractivity contribution in [1.29, 1.82) is 0 Å². The van der Waals surface area contributed by atoms with E-state index in [4.69, 9.17) is 10.6 Å². The lowest BCUT2D eigenvalue weighted by Crippen LogP contribution is -2.29. The largest absolute Gasteiger partial charge is 0.482 e. The predicted octanol–water partition coefficient (Wildman–Crippen LogP) is 2.09. The van der Waals surface area contributed by atoms with Crippen molar-refractivity contribution in [2.45, 2.75) is 13.5 Å². The average Bonchev–Trinajstić information content (AvgIpc) is 2.53. The highest BCUT2D eigenvalue weighted by Crippen LogP contribution is 2.28. The zero-order valence-corrected chi connectivity index (χ0v) is 11.9. The maximum Gasteiger partial charge on any atom is 0.311 e. The van der Waals surface area contributed by atoms with Crippen LogP contribution in [0.4, 0.5) is 5.69 Å². The Morgan fingerprint density at radius 3 is 2.55 bits per heavy atom. The second-order valence-electron chi connectivity index (χ2n) is 4.69. The Hall–Kier alpha value is -2.93. The standard InChI is InChI=1S/C15H15N3O4/c1-10-2-7-14(13(8-10)18(20)21)22-9-11-3-5-12(6-4-11)15(19)17-16/h2-8H,9,16H2,1H3,(H,17,19). The molecule has 0 bridgehead atoms. The van der Waals surface area contributed by atoms with Gasteiger partial charge in [0.2, 0.25) is 0 Å². The van der Waals surface area contributed by atoms with Crippen molar-refractivity contribution in [3.8, 4) is 5.75 Å². The third kappa shape index (κ3) is 3.58. The van der Waals surface area contributed by atoms with E-state index in [1.165, 1.54) is 6.07 Å². The molecule has 0 aromatic heterocycles. The number of nitro benzene ring substituents is 1. The van der Waals surface area contributed by atoms with Gasteiger partial charge in [-0.2, -0.15) is 0 Å². The Labute approximate surface area is 126 Å². The van der Waals surface area contributed by atoms with Crippen LogP contribution in [0.3, 0.4) is 0 Å². The second-order valence-corrected chi connectivity index (χ2v) is 4.69. The van der Waals surface area contributed by atoms with E-state index >= 15 is 0 Å². The summed E-state index contributed by atoms with van der Waals surface area (Å²) in [7, 11) is 0. The number of rotatable bonds is 5. The number of carbonyl (C=O) groups excluding carboxylic acids is 1. The van der Waals surface area contributed by atoms with Gasteiger partial charge in [0.05, 0.1) is 4.92 Å². The van der Waals surface area contributed by atoms with E-state index in [2.05, 4.69) is 0 Å². The first-order valence-corrected chi connectivity index (χ1v) is 6.49. The van der Waals surface area contributed by atoms with Gasteiger partial charge in [-0.05, 0) is 36.2 Å². The third-order valence-electron chi connectivity index (χ3n) is 3.05. The molecule has 3 N–H and O–H groups in total. The number of nitrogens with zero attached hydrogens (tertiary/aromatic N) is 1. The van der Waals surface area contributed by atoms with Crippen LogP contribution in [-0.4, -0.2) is 10.8 Å². The lowest BCUT2D eigenvalue weighted by molar-refractivity contribution is -0.386. The number of aryl methyl sites for hydroxylation is 1. The smallest absolute Gasteiger partial charge is 0.311 e. The van der Waals surface area contributed by atoms with Crippen LogP contribution in [0.1, 0.15) is 21.5 Å². The van der Waals surface area contributed by atoms with Gasteiger partial charge in [0.15, 0.2) is 5.75 Å². The Morgan fingerprint density at radius 1 is 1.27 bits per heavy atom. The summed E-state index contributed by atoms with van der Waals surface area (Å²) in [5.74, 6) is 4.87. The van der Waals surface area contributed by atoms with E-state index in [1.807, 2.05) is 5.43 Å². The molecule has 0 saturated heterocycles. The molecule has 2 aromatic rings. The van der Waals surface area contributed by atoms with Crippen LogP contribution in [0.25, 0.3) is 0 Å². The van der Waals surface area contributed by atoms with Crippen LogP contribution in [0.5, 0.6) is 5.75 Å². The maximum atomic E-state index is 11.3. The SMILES string of the molecule is Cc1ccc(OCc2ccc(C(=O)NN)cc2)c([N+](=O)[O-])c1. The van der Waals surface area contributed by atoms with Crippen LogP contribution >= 0.6 is 0 Å². The van der Waals surface area contributed by atoms with Crippen molar-refractivity contribution in [1.82, 2.24) is 5.43 Å². The summed E-state index contributed by atoms with van der Waals surface area (Å²) in [6.07, 6.45) is 0. The molecule has 0 fully saturated rings. The van der Waals surface area contributed by atoms with Crippen molar-refractivity contribution in [2.75, 3.05) is 0 Å². The van der Waals surface area contributed by atoms with Crippen molar-refractivity contribution < 1.29 is 14.5 Å². The van der Waals surface area contributed by atoms with Crippen LogP contribution in [-0.2, 0) is 6.61 Å². The number of ether oxygens (including phenoxy) is 1. The first kappa shape index (κ1) is 15.5. The lowest BCUT2D eigenvalue weighted by Gasteiger charge is -2.08. The molecule has 114 valence electrons. The maximum absolute atomic E-state index is 11.3. The molecular formula is C15H15N3O4. The van der Waals surface area contributed by atoms with Gasteiger partial charge in [-0.1, -0.05) is 18.2 Å². The van der Waals surface area contributed by atoms with E-state index < -0.39 is 4.92 Å². The number of benzene rings is 2. The molecule has 7 heteroatoms. The van der Waals surface area contributed by atoms with Crippen molar-refractivity contribution in [2.24, 2.45) is 5.84 Å². The molecule has 2 rings (SSSR count). The Balaban J connectivity index is 2.10. The third-order valence-corrected chi connectivity index (χ3v) is 3.05. The van der Waals surface area contributed by atoms with Gasteiger partial charge in [0, 0.05) is 11.6 Å². The molecule has 1 amide bonds. The summed E-state index contributed by atoms with van der Waals surface area (Å²) < 4.78 is 5.50. The fourth-order valence-corrected chi connectivity index (χ4v) is 1.89. The molecule has 7 nitrogen and oxygen atoms in total. The van der Waals surface area contributed by atoms with Crippen molar-refractivity contribution in [3.63, 3.8) is 0 Å². The monoisotopic (exact) mass is 301 g/mol. The molecule has 0 aliphatic carbocycles. The molecule has 0 aliphatic rings. The Morgan fingerprint density at radius 2 is 1.95 bits per heavy atom. The minimum atomic E-state index is -0.475. The number of hydrogen-bond donors (Lipinski definition) is 2. The number of nitro groups is 1. The Kier molecular flexibility index (Phi) is 4.70. The van der Waals surface area contributed by atoms with E-state index in [9.17, 15) is 14.9 Å². The molecule has 0 radical (unpaired) electrons. The molecule has 0 saturated carbocycles. The fourth-order valence-electron chi connectivity index (χ4n) is 1.89. The predicted molar refractivity (Wildman–Crippen MR) is 80.3 cm³/mol. The summed E-state index contributed by atoms with van der Waals surface area (Å²) >= 11 is 0. The molecular weight excluding hydrogens is 286 g/mol. The molecule has 22 heavy (non-hydrogen) atoms. The van der Waals surface area contributed by atoms with Gasteiger partial charge in [-0.25, -0.2) is 5.84 Å². The normalized spacial score (nSPS) is 10.1. The molecule has 0 atom stereocenters. The zero-order chi connectivity index (χ0) is 16.1. The Bertz CT molecular complexity index is 698. The number of amides is 1. The topological polar surface area (TPSA) is 107 Å². The minimum Gasteiger partial charge on any atom is -0.482 e. The van der Waals surface area contributed by atoms with E-state index in [1.54, 1.807) is 43.3 Å². The lowest BCUT2D eigenvalue weighted by atomic mass is 10.1. The number of nitrogens with one attached hydrogen (secondary N) is 1. The number of nitrogen functional groups attached to an aromatic ring is 1. The summed E-state index contributed by atoms with van der Waals surface area (Å²) in [6, 6.07) is 11.4. The molecule has 0 spiro atoms. The summed E-state index contributed by atoms with van der Waals surface area (Å²) in [4.78, 5) is 21.8. The molecule has 0 heterocycles. The van der Waals surface area contributed by atoms with Gasteiger partial charge in [0.1, 0.15) is 6.61 Å². The molecule has 2 aromatic carbocycles. The molecule has 0 aliphatic heterocycles. The van der Waals surface area contributed by atoms with E-state index in [-0.39, 0.29) is 24.0 Å². The van der Waals surface area contributed by atoms with Crippen LogP contribution < -0.4 is 16.0 Å². The zero-order valence-electron chi connectivity index (χ0n) is 11.9. The van der Waals surface area contributed by atoms with Gasteiger partial charge in [-0.15, -0.1) is 0 Å². The number of hydrazine groups is 1. The van der Waals surface area contributed by atoms with Gasteiger partial charge in [0.25, 0.3) is 5.91 Å². The van der Waals surface area contributed by atoms with Crippen LogP contribution in [0.15, 0.2) is 42.5 Å². The van der Waals surface area contributed by atoms with Crippen LogP contribution in [0.2, 0.25) is 0 Å². The molecule has 0 unspecified atom stereocenters. The fraction of sp³-hybridized carbons (Fsp3) is 0.133. The number of nitrogens with two attached hydrogens (primary N) is 1. The van der Waals surface area contributed by atoms with Gasteiger partial charge in [-0.3, -0.25) is 20.3 Å². The highest BCUT2D eigenvalue weighted by Gasteiger charge is 2.15. The van der Waals surface area contributed by atoms with Crippen LogP contribution in [0, 0.1) is 17.0 Å². The first-order chi connectivity index (χ1) is 10.5. The summed E-state index contributed by atoms with van der Waals surface area (Å²) in [5, 5.41) is 11.0.